The van der Waals surface area contributed by atoms with Crippen molar-refractivity contribution in [3.8, 4) is 0 Å². The molecule has 3 saturated heterocycles. The number of benzene rings is 2. The van der Waals surface area contributed by atoms with Crippen molar-refractivity contribution < 1.29 is 14.4 Å². The number of anilines is 2. The third-order valence-corrected chi connectivity index (χ3v) is 8.07. The fourth-order valence-electron chi connectivity index (χ4n) is 5.51. The molecule has 3 aliphatic rings. The molecule has 8 nitrogen and oxygen atoms in total. The van der Waals surface area contributed by atoms with Crippen molar-refractivity contribution in [3.63, 3.8) is 0 Å². The molecule has 0 bridgehead atoms. The molecule has 0 aromatic heterocycles. The summed E-state index contributed by atoms with van der Waals surface area (Å²) in [6, 6.07) is 15.1. The number of carbonyl (C=O) groups is 3. The van der Waals surface area contributed by atoms with E-state index in [2.05, 4.69) is 10.2 Å². The zero-order valence-corrected chi connectivity index (χ0v) is 21.3. The van der Waals surface area contributed by atoms with E-state index >= 15 is 0 Å². The fraction of sp³-hybridized carbons (Fsp3) is 0.444. The van der Waals surface area contributed by atoms with Crippen LogP contribution in [-0.4, -0.2) is 77.5 Å². The smallest absolute Gasteiger partial charge is 0.321 e. The average molecular weight is 510 g/mol. The van der Waals surface area contributed by atoms with E-state index in [1.807, 2.05) is 54.3 Å². The molecule has 1 spiro atoms. The lowest BCUT2D eigenvalue weighted by Gasteiger charge is -2.43. The Kier molecular flexibility index (Phi) is 6.79. The van der Waals surface area contributed by atoms with Gasteiger partial charge in [-0.25, -0.2) is 4.79 Å². The third-order valence-electron chi connectivity index (χ3n) is 7.67. The number of carbonyl (C=O) groups excluding carboxylic acids is 3. The Hall–Kier alpha value is -3.26. The Morgan fingerprint density at radius 3 is 2.33 bits per heavy atom. The van der Waals surface area contributed by atoms with Gasteiger partial charge in [0.2, 0.25) is 5.91 Å². The number of para-hydroxylation sites is 1. The molecule has 0 radical (unpaired) electrons. The molecule has 0 saturated carbocycles. The second kappa shape index (κ2) is 10.0. The van der Waals surface area contributed by atoms with Crippen LogP contribution in [-0.2, 0) is 9.59 Å². The first-order valence-electron chi connectivity index (χ1n) is 12.6. The molecule has 0 atom stereocenters. The highest BCUT2D eigenvalue weighted by Gasteiger charge is 2.54. The van der Waals surface area contributed by atoms with Crippen LogP contribution in [0.4, 0.5) is 16.2 Å². The van der Waals surface area contributed by atoms with E-state index in [1.165, 1.54) is 0 Å². The van der Waals surface area contributed by atoms with E-state index in [0.717, 1.165) is 37.2 Å². The van der Waals surface area contributed by atoms with Crippen molar-refractivity contribution in [2.45, 2.75) is 38.1 Å². The predicted molar refractivity (Wildman–Crippen MR) is 140 cm³/mol. The largest absolute Gasteiger partial charge is 0.341 e. The van der Waals surface area contributed by atoms with E-state index in [1.54, 1.807) is 15.9 Å². The van der Waals surface area contributed by atoms with Crippen LogP contribution in [0.25, 0.3) is 0 Å². The summed E-state index contributed by atoms with van der Waals surface area (Å²) >= 11 is 6.21. The number of hydrogen-bond acceptors (Lipinski definition) is 4. The Balaban J connectivity index is 1.31. The van der Waals surface area contributed by atoms with Crippen LogP contribution in [0.3, 0.4) is 0 Å². The molecule has 3 heterocycles. The molecule has 2 aromatic rings. The molecule has 5 rings (SSSR count). The highest BCUT2D eigenvalue weighted by Crippen LogP contribution is 2.39. The Bertz CT molecular complexity index is 1140. The summed E-state index contributed by atoms with van der Waals surface area (Å²) < 4.78 is 0. The number of urea groups is 1. The lowest BCUT2D eigenvalue weighted by molar-refractivity contribution is -0.140. The highest BCUT2D eigenvalue weighted by molar-refractivity contribution is 6.31. The maximum Gasteiger partial charge on any atom is 0.321 e. The number of nitrogens with one attached hydrogen (secondary N) is 1. The van der Waals surface area contributed by atoms with Gasteiger partial charge in [-0.05, 0) is 62.4 Å². The molecule has 0 unspecified atom stereocenters. The van der Waals surface area contributed by atoms with Gasteiger partial charge in [-0.3, -0.25) is 9.59 Å². The van der Waals surface area contributed by atoms with Gasteiger partial charge in [0.15, 0.2) is 0 Å². The summed E-state index contributed by atoms with van der Waals surface area (Å²) in [4.78, 5) is 47.1. The fourth-order valence-corrected chi connectivity index (χ4v) is 5.69. The minimum Gasteiger partial charge on any atom is -0.341 e. The normalized spacial score (nSPS) is 19.3. The molecule has 4 amide bonds. The van der Waals surface area contributed by atoms with Crippen molar-refractivity contribution in [3.05, 3.63) is 59.1 Å². The number of likely N-dealkylation sites (tertiary alicyclic amines) is 2. The summed E-state index contributed by atoms with van der Waals surface area (Å²) in [5.41, 5.74) is 1.78. The minimum atomic E-state index is -0.767. The molecule has 2 aromatic carbocycles. The van der Waals surface area contributed by atoms with Crippen LogP contribution in [0.2, 0.25) is 5.02 Å². The maximum absolute atomic E-state index is 13.8. The minimum absolute atomic E-state index is 0.0134. The monoisotopic (exact) mass is 509 g/mol. The van der Waals surface area contributed by atoms with E-state index < -0.39 is 5.54 Å². The van der Waals surface area contributed by atoms with Gasteiger partial charge in [0.1, 0.15) is 12.1 Å². The van der Waals surface area contributed by atoms with Gasteiger partial charge in [0.05, 0.1) is 6.67 Å². The van der Waals surface area contributed by atoms with Crippen LogP contribution >= 0.6 is 11.6 Å². The quantitative estimate of drug-likeness (QED) is 0.677. The van der Waals surface area contributed by atoms with Crippen LogP contribution < -0.4 is 10.2 Å². The van der Waals surface area contributed by atoms with Gasteiger partial charge in [0, 0.05) is 42.6 Å². The topological polar surface area (TPSA) is 76.2 Å². The molecule has 3 fully saturated rings. The molecule has 3 aliphatic heterocycles. The SMILES string of the molecule is Cc1ccc(NC(=O)N2CCC3(CC2)C(=O)N(CC(=O)N2CCCC2)CN3c2ccccc2)cc1Cl. The van der Waals surface area contributed by atoms with Crippen molar-refractivity contribution in [1.82, 2.24) is 14.7 Å². The van der Waals surface area contributed by atoms with Gasteiger partial charge in [-0.2, -0.15) is 0 Å². The summed E-state index contributed by atoms with van der Waals surface area (Å²) in [6.07, 6.45) is 3.04. The van der Waals surface area contributed by atoms with E-state index in [9.17, 15) is 14.4 Å². The highest BCUT2D eigenvalue weighted by atomic mass is 35.5. The molecule has 36 heavy (non-hydrogen) atoms. The second-order valence-electron chi connectivity index (χ2n) is 9.91. The van der Waals surface area contributed by atoms with Crippen molar-refractivity contribution in [2.75, 3.05) is 49.6 Å². The Morgan fingerprint density at radius 2 is 1.67 bits per heavy atom. The lowest BCUT2D eigenvalue weighted by Crippen LogP contribution is -2.58. The van der Waals surface area contributed by atoms with Gasteiger partial charge in [-0.15, -0.1) is 0 Å². The van der Waals surface area contributed by atoms with Gasteiger partial charge < -0.3 is 24.9 Å². The summed E-state index contributed by atoms with van der Waals surface area (Å²) in [5.74, 6) is -0.0104. The van der Waals surface area contributed by atoms with Crippen molar-refractivity contribution in [2.24, 2.45) is 0 Å². The van der Waals surface area contributed by atoms with Crippen LogP contribution in [0.5, 0.6) is 0 Å². The molecule has 1 N–H and O–H groups in total. The first-order chi connectivity index (χ1) is 17.4. The number of aryl methyl sites for hydroxylation is 1. The number of amides is 4. The number of nitrogens with zero attached hydrogens (tertiary/aromatic N) is 4. The standard InChI is InChI=1S/C27H32ClN5O3/c1-20-9-10-21(17-23(20)28)29-26(36)31-15-11-27(12-16-31)25(35)32(18-24(34)30-13-5-6-14-30)19-33(27)22-7-3-2-4-8-22/h2-4,7-10,17H,5-6,11-16,18-19H2,1H3,(H,29,36). The number of hydrogen-bond donors (Lipinski definition) is 1. The van der Waals surface area contributed by atoms with Gasteiger partial charge in [-0.1, -0.05) is 35.9 Å². The number of halogens is 1. The number of rotatable bonds is 4. The molecular weight excluding hydrogens is 478 g/mol. The summed E-state index contributed by atoms with van der Waals surface area (Å²) in [7, 11) is 0. The second-order valence-corrected chi connectivity index (χ2v) is 10.3. The average Bonchev–Trinajstić information content (AvgIpc) is 3.51. The van der Waals surface area contributed by atoms with Gasteiger partial charge in [0.25, 0.3) is 5.91 Å². The van der Waals surface area contributed by atoms with E-state index in [4.69, 9.17) is 11.6 Å². The first kappa shape index (κ1) is 24.4. The van der Waals surface area contributed by atoms with E-state index in [-0.39, 0.29) is 24.4 Å². The number of piperidine rings is 1. The molecule has 9 heteroatoms. The molecular formula is C27H32ClN5O3. The zero-order chi connectivity index (χ0) is 25.3. The zero-order valence-electron chi connectivity index (χ0n) is 20.6. The first-order valence-corrected chi connectivity index (χ1v) is 13.0. The third kappa shape index (κ3) is 4.62. The van der Waals surface area contributed by atoms with Crippen LogP contribution in [0.15, 0.2) is 48.5 Å². The summed E-state index contributed by atoms with van der Waals surface area (Å²) in [6.45, 7) is 4.80. The maximum atomic E-state index is 13.8. The summed E-state index contributed by atoms with van der Waals surface area (Å²) in [5, 5.41) is 3.52. The van der Waals surface area contributed by atoms with E-state index in [0.29, 0.717) is 43.3 Å². The molecule has 190 valence electrons. The Labute approximate surface area is 216 Å². The van der Waals surface area contributed by atoms with Crippen LogP contribution in [0, 0.1) is 6.92 Å². The predicted octanol–water partition coefficient (Wildman–Crippen LogP) is 3.94. The van der Waals surface area contributed by atoms with Crippen LogP contribution in [0.1, 0.15) is 31.2 Å². The lowest BCUT2D eigenvalue weighted by atomic mass is 9.85. The van der Waals surface area contributed by atoms with Crippen molar-refractivity contribution in [1.29, 1.82) is 0 Å². The molecule has 0 aliphatic carbocycles. The Morgan fingerprint density at radius 1 is 0.972 bits per heavy atom. The van der Waals surface area contributed by atoms with Crippen molar-refractivity contribution >= 4 is 40.8 Å². The van der Waals surface area contributed by atoms with Gasteiger partial charge >= 0.3 is 6.03 Å².